The summed E-state index contributed by atoms with van der Waals surface area (Å²) >= 11 is 0. The third kappa shape index (κ3) is 4.63. The zero-order chi connectivity index (χ0) is 19.2. The highest BCUT2D eigenvalue weighted by Crippen LogP contribution is 2.22. The minimum atomic E-state index is -0.622. The van der Waals surface area contributed by atoms with Crippen LogP contribution in [0.3, 0.4) is 0 Å². The molecule has 0 bridgehead atoms. The molecule has 9 heteroatoms. The molecule has 1 aliphatic heterocycles. The lowest BCUT2D eigenvalue weighted by molar-refractivity contribution is 0.0997. The standard InChI is InChI=1S/C18H22N6O3/c1-27-15-5-4-12(9-14(15)17(19)25)22-18(26)23-13-3-2-8-24(11-13)16-10-20-6-7-21-16/h4-7,9-10,13H,2-3,8,11H2,1H3,(H2,19,25)(H2,22,23,26)/t13-/m1/s1. The lowest BCUT2D eigenvalue weighted by Crippen LogP contribution is -2.49. The first-order valence-corrected chi connectivity index (χ1v) is 8.63. The molecule has 142 valence electrons. The highest BCUT2D eigenvalue weighted by molar-refractivity contribution is 5.98. The molecule has 0 spiro atoms. The molecule has 1 atom stereocenters. The van der Waals surface area contributed by atoms with E-state index in [2.05, 4.69) is 25.5 Å². The summed E-state index contributed by atoms with van der Waals surface area (Å²) in [5.41, 5.74) is 6.02. The van der Waals surface area contributed by atoms with Gasteiger partial charge in [-0.15, -0.1) is 0 Å². The molecule has 1 aromatic heterocycles. The van der Waals surface area contributed by atoms with Crippen LogP contribution in [-0.2, 0) is 0 Å². The number of benzene rings is 1. The van der Waals surface area contributed by atoms with Crippen molar-refractivity contribution in [3.8, 4) is 5.75 Å². The van der Waals surface area contributed by atoms with E-state index < -0.39 is 5.91 Å². The summed E-state index contributed by atoms with van der Waals surface area (Å²) in [5, 5.41) is 5.69. The highest BCUT2D eigenvalue weighted by Gasteiger charge is 2.22. The molecule has 27 heavy (non-hydrogen) atoms. The van der Waals surface area contributed by atoms with Gasteiger partial charge in [0.1, 0.15) is 11.6 Å². The van der Waals surface area contributed by atoms with Crippen LogP contribution in [0.15, 0.2) is 36.8 Å². The Hall–Kier alpha value is -3.36. The van der Waals surface area contributed by atoms with E-state index in [9.17, 15) is 9.59 Å². The van der Waals surface area contributed by atoms with E-state index in [-0.39, 0.29) is 17.6 Å². The molecule has 1 fully saturated rings. The van der Waals surface area contributed by atoms with Crippen molar-refractivity contribution in [3.63, 3.8) is 0 Å². The van der Waals surface area contributed by atoms with Gasteiger partial charge < -0.3 is 26.0 Å². The number of rotatable bonds is 5. The summed E-state index contributed by atoms with van der Waals surface area (Å²) in [4.78, 5) is 34.3. The van der Waals surface area contributed by atoms with E-state index in [0.29, 0.717) is 18.0 Å². The summed E-state index contributed by atoms with van der Waals surface area (Å²) in [6.07, 6.45) is 6.81. The van der Waals surface area contributed by atoms with Crippen LogP contribution in [0.25, 0.3) is 0 Å². The van der Waals surface area contributed by atoms with Crippen molar-refractivity contribution in [2.24, 2.45) is 5.73 Å². The molecule has 1 aliphatic rings. The van der Waals surface area contributed by atoms with Crippen LogP contribution < -0.4 is 26.0 Å². The molecule has 0 aliphatic carbocycles. The number of hydrogen-bond acceptors (Lipinski definition) is 6. The Morgan fingerprint density at radius 1 is 1.33 bits per heavy atom. The third-order valence-corrected chi connectivity index (χ3v) is 4.35. The largest absolute Gasteiger partial charge is 0.496 e. The van der Waals surface area contributed by atoms with Gasteiger partial charge in [0.2, 0.25) is 0 Å². The van der Waals surface area contributed by atoms with E-state index >= 15 is 0 Å². The number of carbonyl (C=O) groups is 2. The first-order chi connectivity index (χ1) is 13.1. The Balaban J connectivity index is 1.60. The van der Waals surface area contributed by atoms with Crippen LogP contribution in [0.5, 0.6) is 5.75 Å². The second-order valence-electron chi connectivity index (χ2n) is 6.23. The number of amides is 3. The van der Waals surface area contributed by atoms with E-state index in [4.69, 9.17) is 10.5 Å². The predicted octanol–water partition coefficient (Wildman–Crippen LogP) is 1.37. The number of urea groups is 1. The van der Waals surface area contributed by atoms with Gasteiger partial charge in [-0.25, -0.2) is 9.78 Å². The molecule has 0 unspecified atom stereocenters. The fourth-order valence-corrected chi connectivity index (χ4v) is 3.09. The summed E-state index contributed by atoms with van der Waals surface area (Å²) < 4.78 is 5.10. The zero-order valence-corrected chi connectivity index (χ0v) is 15.0. The average molecular weight is 370 g/mol. The first kappa shape index (κ1) is 18.4. The van der Waals surface area contributed by atoms with Crippen molar-refractivity contribution in [2.45, 2.75) is 18.9 Å². The van der Waals surface area contributed by atoms with Gasteiger partial charge in [-0.3, -0.25) is 9.78 Å². The SMILES string of the molecule is COc1ccc(NC(=O)N[C@@H]2CCCN(c3cnccn3)C2)cc1C(N)=O. The van der Waals surface area contributed by atoms with Crippen LogP contribution >= 0.6 is 0 Å². The number of piperidine rings is 1. The van der Waals surface area contributed by atoms with Crippen LogP contribution in [0, 0.1) is 0 Å². The van der Waals surface area contributed by atoms with E-state index in [1.807, 2.05) is 0 Å². The quantitative estimate of drug-likeness (QED) is 0.731. The minimum Gasteiger partial charge on any atom is -0.496 e. The van der Waals surface area contributed by atoms with Crippen molar-refractivity contribution < 1.29 is 14.3 Å². The van der Waals surface area contributed by atoms with Crippen molar-refractivity contribution in [1.29, 1.82) is 0 Å². The molecule has 0 radical (unpaired) electrons. The molecule has 2 heterocycles. The number of nitrogens with two attached hydrogens (primary N) is 1. The van der Waals surface area contributed by atoms with Crippen molar-refractivity contribution in [3.05, 3.63) is 42.4 Å². The number of aromatic nitrogens is 2. The molecule has 1 saturated heterocycles. The lowest BCUT2D eigenvalue weighted by Gasteiger charge is -2.33. The highest BCUT2D eigenvalue weighted by atomic mass is 16.5. The number of hydrogen-bond donors (Lipinski definition) is 3. The maximum Gasteiger partial charge on any atom is 0.319 e. The molecule has 1 aromatic carbocycles. The number of ether oxygens (including phenoxy) is 1. The Morgan fingerprint density at radius 3 is 2.89 bits per heavy atom. The van der Waals surface area contributed by atoms with Gasteiger partial charge in [0, 0.05) is 37.2 Å². The van der Waals surface area contributed by atoms with Crippen molar-refractivity contribution >= 4 is 23.4 Å². The fourth-order valence-electron chi connectivity index (χ4n) is 3.09. The van der Waals surface area contributed by atoms with E-state index in [0.717, 1.165) is 25.2 Å². The van der Waals surface area contributed by atoms with Gasteiger partial charge in [0.15, 0.2) is 0 Å². The number of carbonyl (C=O) groups excluding carboxylic acids is 2. The second-order valence-corrected chi connectivity index (χ2v) is 6.23. The van der Waals surface area contributed by atoms with Gasteiger partial charge in [0.05, 0.1) is 18.9 Å². The maximum atomic E-state index is 12.3. The van der Waals surface area contributed by atoms with Gasteiger partial charge in [-0.05, 0) is 31.0 Å². The molecular weight excluding hydrogens is 348 g/mol. The number of anilines is 2. The summed E-state index contributed by atoms with van der Waals surface area (Å²) in [5.74, 6) is 0.536. The zero-order valence-electron chi connectivity index (χ0n) is 15.0. The lowest BCUT2D eigenvalue weighted by atomic mass is 10.1. The van der Waals surface area contributed by atoms with E-state index in [1.165, 1.54) is 13.2 Å². The van der Waals surface area contributed by atoms with Crippen LogP contribution in [-0.4, -0.2) is 48.1 Å². The number of methoxy groups -OCH3 is 1. The van der Waals surface area contributed by atoms with Gasteiger partial charge in [0.25, 0.3) is 5.91 Å². The number of nitrogens with zero attached hydrogens (tertiary/aromatic N) is 3. The van der Waals surface area contributed by atoms with Crippen LogP contribution in [0.1, 0.15) is 23.2 Å². The second kappa shape index (κ2) is 8.35. The van der Waals surface area contributed by atoms with Crippen molar-refractivity contribution in [1.82, 2.24) is 15.3 Å². The van der Waals surface area contributed by atoms with Crippen LogP contribution in [0.4, 0.5) is 16.3 Å². The maximum absolute atomic E-state index is 12.3. The minimum absolute atomic E-state index is 0.0189. The normalized spacial score (nSPS) is 16.5. The van der Waals surface area contributed by atoms with Gasteiger partial charge in [-0.2, -0.15) is 0 Å². The summed E-state index contributed by atoms with van der Waals surface area (Å²) in [6, 6.07) is 4.37. The first-order valence-electron chi connectivity index (χ1n) is 8.63. The van der Waals surface area contributed by atoms with Crippen molar-refractivity contribution in [2.75, 3.05) is 30.4 Å². The Morgan fingerprint density at radius 2 is 2.19 bits per heavy atom. The fraction of sp³-hybridized carbons (Fsp3) is 0.333. The Labute approximate surface area is 156 Å². The number of primary amides is 1. The molecule has 3 rings (SSSR count). The predicted molar refractivity (Wildman–Crippen MR) is 101 cm³/mol. The van der Waals surface area contributed by atoms with Gasteiger partial charge in [-0.1, -0.05) is 0 Å². The molecule has 4 N–H and O–H groups in total. The Kier molecular flexibility index (Phi) is 5.70. The summed E-state index contributed by atoms with van der Waals surface area (Å²) in [7, 11) is 1.45. The topological polar surface area (TPSA) is 122 Å². The molecular formula is C18H22N6O3. The third-order valence-electron chi connectivity index (χ3n) is 4.35. The molecule has 3 amide bonds. The van der Waals surface area contributed by atoms with E-state index in [1.54, 1.807) is 30.7 Å². The molecule has 2 aromatic rings. The van der Waals surface area contributed by atoms with Crippen LogP contribution in [0.2, 0.25) is 0 Å². The number of nitrogens with one attached hydrogen (secondary N) is 2. The molecule has 9 nitrogen and oxygen atoms in total. The summed E-state index contributed by atoms with van der Waals surface area (Å²) in [6.45, 7) is 1.53. The Bertz CT molecular complexity index is 814. The smallest absolute Gasteiger partial charge is 0.319 e. The van der Waals surface area contributed by atoms with Gasteiger partial charge >= 0.3 is 6.03 Å². The average Bonchev–Trinajstić information content (AvgIpc) is 2.68. The monoisotopic (exact) mass is 370 g/mol. The molecule has 0 saturated carbocycles.